The van der Waals surface area contributed by atoms with Gasteiger partial charge in [0.05, 0.1) is 19.8 Å². The summed E-state index contributed by atoms with van der Waals surface area (Å²) >= 11 is 6.19. The van der Waals surface area contributed by atoms with Gasteiger partial charge in [-0.15, -0.1) is 0 Å². The van der Waals surface area contributed by atoms with Gasteiger partial charge in [0.25, 0.3) is 0 Å². The first-order chi connectivity index (χ1) is 9.19. The zero-order valence-corrected chi connectivity index (χ0v) is 12.1. The number of carbonyl (C=O) groups excluding carboxylic acids is 1. The maximum absolute atomic E-state index is 12.6. The SMILES string of the molecule is COc1ccc(C(=O)C2CCCCC2)c(OC)c1Cl. The molecule has 2 rings (SSSR count). The van der Waals surface area contributed by atoms with E-state index in [1.165, 1.54) is 13.5 Å². The Balaban J connectivity index is 2.33. The maximum Gasteiger partial charge on any atom is 0.169 e. The zero-order valence-electron chi connectivity index (χ0n) is 11.4. The second kappa shape index (κ2) is 6.29. The van der Waals surface area contributed by atoms with Gasteiger partial charge in [0.1, 0.15) is 10.8 Å². The average Bonchev–Trinajstić information content (AvgIpc) is 2.47. The molecular weight excluding hydrogens is 264 g/mol. The smallest absolute Gasteiger partial charge is 0.169 e. The number of ether oxygens (including phenoxy) is 2. The Morgan fingerprint density at radius 3 is 2.42 bits per heavy atom. The van der Waals surface area contributed by atoms with Crippen molar-refractivity contribution < 1.29 is 14.3 Å². The van der Waals surface area contributed by atoms with Crippen molar-refractivity contribution in [1.29, 1.82) is 0 Å². The summed E-state index contributed by atoms with van der Waals surface area (Å²) in [4.78, 5) is 12.6. The Hall–Kier alpha value is -1.22. The fourth-order valence-corrected chi connectivity index (χ4v) is 2.99. The van der Waals surface area contributed by atoms with Crippen molar-refractivity contribution in [2.45, 2.75) is 32.1 Å². The van der Waals surface area contributed by atoms with Crippen LogP contribution in [0.25, 0.3) is 0 Å². The Bertz CT molecular complexity index is 465. The van der Waals surface area contributed by atoms with Crippen molar-refractivity contribution in [3.63, 3.8) is 0 Å². The topological polar surface area (TPSA) is 35.5 Å². The average molecular weight is 283 g/mol. The summed E-state index contributed by atoms with van der Waals surface area (Å²) in [5, 5.41) is 0.367. The van der Waals surface area contributed by atoms with Gasteiger partial charge in [-0.25, -0.2) is 0 Å². The predicted molar refractivity (Wildman–Crippen MR) is 75.5 cm³/mol. The highest BCUT2D eigenvalue weighted by Crippen LogP contribution is 2.39. The van der Waals surface area contributed by atoms with E-state index in [4.69, 9.17) is 21.1 Å². The Labute approximate surface area is 118 Å². The second-order valence-corrected chi connectivity index (χ2v) is 5.24. The first-order valence-corrected chi connectivity index (χ1v) is 7.01. The Morgan fingerprint density at radius 2 is 1.84 bits per heavy atom. The molecule has 0 unspecified atom stereocenters. The summed E-state index contributed by atoms with van der Waals surface area (Å²) in [6, 6.07) is 3.47. The third kappa shape index (κ3) is 2.86. The van der Waals surface area contributed by atoms with Crippen LogP contribution in [0.5, 0.6) is 11.5 Å². The molecular formula is C15H19ClO3. The minimum atomic E-state index is 0.104. The summed E-state index contributed by atoms with van der Waals surface area (Å²) in [7, 11) is 3.07. The summed E-state index contributed by atoms with van der Waals surface area (Å²) < 4.78 is 10.4. The monoisotopic (exact) mass is 282 g/mol. The molecule has 0 amide bonds. The van der Waals surface area contributed by atoms with Crippen LogP contribution in [0.2, 0.25) is 5.02 Å². The van der Waals surface area contributed by atoms with Crippen molar-refractivity contribution >= 4 is 17.4 Å². The van der Waals surface area contributed by atoms with Crippen LogP contribution in [0.1, 0.15) is 42.5 Å². The molecule has 0 aromatic heterocycles. The molecule has 19 heavy (non-hydrogen) atoms. The molecule has 104 valence electrons. The quantitative estimate of drug-likeness (QED) is 0.779. The van der Waals surface area contributed by atoms with Crippen molar-refractivity contribution in [2.75, 3.05) is 14.2 Å². The lowest BCUT2D eigenvalue weighted by Crippen LogP contribution is -2.18. The molecule has 1 aliphatic rings. The standard InChI is InChI=1S/C15H19ClO3/c1-18-12-9-8-11(15(19-2)13(12)16)14(17)10-6-4-3-5-7-10/h8-10H,3-7H2,1-2H3. The van der Waals surface area contributed by atoms with Crippen molar-refractivity contribution in [3.8, 4) is 11.5 Å². The first-order valence-electron chi connectivity index (χ1n) is 6.63. The van der Waals surface area contributed by atoms with Crippen LogP contribution in [0.15, 0.2) is 12.1 Å². The molecule has 0 bridgehead atoms. The third-order valence-corrected chi connectivity index (χ3v) is 4.09. The molecule has 0 atom stereocenters. The van der Waals surface area contributed by atoms with Crippen LogP contribution in [-0.2, 0) is 0 Å². The van der Waals surface area contributed by atoms with E-state index in [0.717, 1.165) is 25.7 Å². The number of rotatable bonds is 4. The minimum absolute atomic E-state index is 0.104. The molecule has 3 nitrogen and oxygen atoms in total. The molecule has 0 saturated heterocycles. The largest absolute Gasteiger partial charge is 0.495 e. The van der Waals surface area contributed by atoms with E-state index in [1.54, 1.807) is 19.2 Å². The maximum atomic E-state index is 12.6. The van der Waals surface area contributed by atoms with Crippen LogP contribution in [0, 0.1) is 5.92 Å². The van der Waals surface area contributed by atoms with Crippen LogP contribution >= 0.6 is 11.6 Å². The molecule has 1 aromatic carbocycles. The number of methoxy groups -OCH3 is 2. The molecule has 4 heteroatoms. The lowest BCUT2D eigenvalue weighted by molar-refractivity contribution is 0.0886. The van der Waals surface area contributed by atoms with Crippen LogP contribution < -0.4 is 9.47 Å². The van der Waals surface area contributed by atoms with E-state index >= 15 is 0 Å². The van der Waals surface area contributed by atoms with Gasteiger partial charge in [-0.1, -0.05) is 30.9 Å². The predicted octanol–water partition coefficient (Wildman–Crippen LogP) is 4.12. The van der Waals surface area contributed by atoms with Gasteiger partial charge in [0.15, 0.2) is 11.5 Å². The normalized spacial score (nSPS) is 16.2. The highest BCUT2D eigenvalue weighted by atomic mass is 35.5. The van der Waals surface area contributed by atoms with Crippen LogP contribution in [0.3, 0.4) is 0 Å². The van der Waals surface area contributed by atoms with E-state index in [0.29, 0.717) is 22.1 Å². The highest BCUT2D eigenvalue weighted by Gasteiger charge is 2.26. The molecule has 0 aliphatic heterocycles. The fraction of sp³-hybridized carbons (Fsp3) is 0.533. The molecule has 0 radical (unpaired) electrons. The lowest BCUT2D eigenvalue weighted by atomic mass is 9.83. The van der Waals surface area contributed by atoms with Crippen molar-refractivity contribution in [3.05, 3.63) is 22.7 Å². The number of hydrogen-bond donors (Lipinski definition) is 0. The molecule has 1 saturated carbocycles. The molecule has 1 fully saturated rings. The summed E-state index contributed by atoms with van der Waals surface area (Å²) in [5.74, 6) is 1.20. The third-order valence-electron chi connectivity index (χ3n) is 3.73. The fourth-order valence-electron chi connectivity index (χ4n) is 2.67. The molecule has 1 aromatic rings. The van der Waals surface area contributed by atoms with Gasteiger partial charge in [-0.05, 0) is 25.0 Å². The van der Waals surface area contributed by atoms with Crippen molar-refractivity contribution in [2.24, 2.45) is 5.92 Å². The number of Topliss-reactive ketones (excluding diaryl/α,β-unsaturated/α-hetero) is 1. The number of hydrogen-bond acceptors (Lipinski definition) is 3. The summed E-state index contributed by atoms with van der Waals surface area (Å²) in [5.41, 5.74) is 0.570. The highest BCUT2D eigenvalue weighted by molar-refractivity contribution is 6.34. The van der Waals surface area contributed by atoms with Crippen molar-refractivity contribution in [1.82, 2.24) is 0 Å². The van der Waals surface area contributed by atoms with Gasteiger partial charge in [0, 0.05) is 5.92 Å². The zero-order chi connectivity index (χ0) is 13.8. The van der Waals surface area contributed by atoms with E-state index in [2.05, 4.69) is 0 Å². The van der Waals surface area contributed by atoms with Gasteiger partial charge < -0.3 is 9.47 Å². The van der Waals surface area contributed by atoms with E-state index < -0.39 is 0 Å². The summed E-state index contributed by atoms with van der Waals surface area (Å²) in [6.07, 6.45) is 5.41. The Morgan fingerprint density at radius 1 is 1.16 bits per heavy atom. The first kappa shape index (κ1) is 14.2. The second-order valence-electron chi connectivity index (χ2n) is 4.86. The molecule has 0 heterocycles. The molecule has 0 N–H and O–H groups in total. The van der Waals surface area contributed by atoms with Crippen LogP contribution in [-0.4, -0.2) is 20.0 Å². The number of halogens is 1. The van der Waals surface area contributed by atoms with E-state index in [9.17, 15) is 4.79 Å². The van der Waals surface area contributed by atoms with Gasteiger partial charge in [0.2, 0.25) is 0 Å². The van der Waals surface area contributed by atoms with Gasteiger partial charge in [-0.2, -0.15) is 0 Å². The number of carbonyl (C=O) groups is 1. The summed E-state index contributed by atoms with van der Waals surface area (Å²) in [6.45, 7) is 0. The number of ketones is 1. The lowest BCUT2D eigenvalue weighted by Gasteiger charge is -2.21. The molecule has 0 spiro atoms. The Kier molecular flexibility index (Phi) is 4.70. The molecule has 1 aliphatic carbocycles. The van der Waals surface area contributed by atoms with Gasteiger partial charge >= 0.3 is 0 Å². The van der Waals surface area contributed by atoms with Crippen LogP contribution in [0.4, 0.5) is 0 Å². The van der Waals surface area contributed by atoms with E-state index in [1.807, 2.05) is 0 Å². The van der Waals surface area contributed by atoms with Gasteiger partial charge in [-0.3, -0.25) is 4.79 Å². The van der Waals surface area contributed by atoms with E-state index in [-0.39, 0.29) is 11.7 Å². The number of benzene rings is 1. The minimum Gasteiger partial charge on any atom is -0.495 e.